The van der Waals surface area contributed by atoms with Crippen LogP contribution in [0.1, 0.15) is 62.1 Å². The Hall–Kier alpha value is -0.900. The molecule has 0 radical (unpaired) electrons. The fraction of sp³-hybridized carbons (Fsp3) is 0.667. The highest BCUT2D eigenvalue weighted by atomic mass is 15.3. The molecule has 116 valence electrons. The maximum atomic E-state index is 6.07. The number of piperidine rings is 1. The minimum atomic E-state index is 0.223. The Morgan fingerprint density at radius 3 is 2.33 bits per heavy atom. The molecule has 0 spiro atoms. The van der Waals surface area contributed by atoms with Crippen molar-refractivity contribution in [2.45, 2.75) is 63.5 Å². The van der Waals surface area contributed by atoms with E-state index in [0.717, 1.165) is 0 Å². The first-order valence-corrected chi connectivity index (χ1v) is 8.55. The van der Waals surface area contributed by atoms with Crippen molar-refractivity contribution < 1.29 is 0 Å². The summed E-state index contributed by atoms with van der Waals surface area (Å²) in [5.41, 5.74) is 6.15. The molecule has 1 saturated heterocycles. The number of hydrogen-bond acceptors (Lipinski definition) is 3. The summed E-state index contributed by atoms with van der Waals surface area (Å²) in [5, 5.41) is 0. The van der Waals surface area contributed by atoms with Crippen molar-refractivity contribution in [3.05, 3.63) is 35.4 Å². The van der Waals surface area contributed by atoms with Crippen LogP contribution in [0.2, 0.25) is 0 Å². The first-order chi connectivity index (χ1) is 10.3. The minimum absolute atomic E-state index is 0.223. The van der Waals surface area contributed by atoms with Gasteiger partial charge in [-0.2, -0.15) is 0 Å². The molecule has 3 rings (SSSR count). The normalized spacial score (nSPS) is 24.1. The SMILES string of the molecule is Cc1ccccc1C(NN)C1(N2CCCCC2)CCCC1. The van der Waals surface area contributed by atoms with Crippen molar-refractivity contribution in [1.29, 1.82) is 0 Å². The first kappa shape index (κ1) is 15.0. The molecule has 1 aromatic rings. The van der Waals surface area contributed by atoms with Gasteiger partial charge in [0.1, 0.15) is 0 Å². The Labute approximate surface area is 128 Å². The van der Waals surface area contributed by atoms with Crippen LogP contribution in [0, 0.1) is 6.92 Å². The van der Waals surface area contributed by atoms with E-state index in [1.54, 1.807) is 0 Å². The summed E-state index contributed by atoms with van der Waals surface area (Å²) < 4.78 is 0. The number of benzene rings is 1. The summed E-state index contributed by atoms with van der Waals surface area (Å²) in [6, 6.07) is 8.97. The standard InChI is InChI=1S/C18H29N3/c1-15-9-3-4-10-16(15)17(20-19)18(11-5-6-12-18)21-13-7-2-8-14-21/h3-4,9-10,17,20H,2,5-8,11-14,19H2,1H3. The number of hydrazine groups is 1. The molecule has 3 heteroatoms. The van der Waals surface area contributed by atoms with Gasteiger partial charge in [0.05, 0.1) is 6.04 Å². The monoisotopic (exact) mass is 287 g/mol. The maximum Gasteiger partial charge on any atom is 0.0646 e. The van der Waals surface area contributed by atoms with Crippen LogP contribution < -0.4 is 11.3 Å². The molecule has 3 nitrogen and oxygen atoms in total. The van der Waals surface area contributed by atoms with Gasteiger partial charge in [0, 0.05) is 5.54 Å². The summed E-state index contributed by atoms with van der Waals surface area (Å²) in [6.45, 7) is 4.69. The molecule has 1 heterocycles. The molecular weight excluding hydrogens is 258 g/mol. The Balaban J connectivity index is 1.96. The third kappa shape index (κ3) is 2.75. The van der Waals surface area contributed by atoms with Crippen LogP contribution in [0.15, 0.2) is 24.3 Å². The van der Waals surface area contributed by atoms with E-state index in [0.29, 0.717) is 0 Å². The smallest absolute Gasteiger partial charge is 0.0646 e. The van der Waals surface area contributed by atoms with Gasteiger partial charge in [-0.15, -0.1) is 0 Å². The zero-order valence-electron chi connectivity index (χ0n) is 13.3. The molecule has 3 N–H and O–H groups in total. The predicted octanol–water partition coefficient (Wildman–Crippen LogP) is 3.30. The fourth-order valence-electron chi connectivity index (χ4n) is 4.56. The number of nitrogens with two attached hydrogens (primary N) is 1. The van der Waals surface area contributed by atoms with Gasteiger partial charge in [-0.3, -0.25) is 16.2 Å². The average molecular weight is 287 g/mol. The number of likely N-dealkylation sites (tertiary alicyclic amines) is 1. The Kier molecular flexibility index (Phi) is 4.63. The predicted molar refractivity (Wildman–Crippen MR) is 87.9 cm³/mol. The molecule has 1 aliphatic heterocycles. The summed E-state index contributed by atoms with van der Waals surface area (Å²) in [7, 11) is 0. The molecule has 0 bridgehead atoms. The zero-order chi connectivity index (χ0) is 14.7. The quantitative estimate of drug-likeness (QED) is 0.659. The van der Waals surface area contributed by atoms with Crippen molar-refractivity contribution in [3.63, 3.8) is 0 Å². The van der Waals surface area contributed by atoms with Gasteiger partial charge < -0.3 is 0 Å². The van der Waals surface area contributed by atoms with Gasteiger partial charge in [-0.05, 0) is 56.8 Å². The number of nitrogens with zero attached hydrogens (tertiary/aromatic N) is 1. The average Bonchev–Trinajstić information content (AvgIpc) is 3.01. The summed E-state index contributed by atoms with van der Waals surface area (Å²) >= 11 is 0. The van der Waals surface area contributed by atoms with E-state index in [1.165, 1.54) is 69.2 Å². The van der Waals surface area contributed by atoms with Gasteiger partial charge in [-0.25, -0.2) is 0 Å². The van der Waals surface area contributed by atoms with Crippen LogP contribution in [-0.2, 0) is 0 Å². The van der Waals surface area contributed by atoms with Crippen molar-refractivity contribution in [2.75, 3.05) is 13.1 Å². The lowest BCUT2D eigenvalue weighted by Gasteiger charge is -2.48. The molecule has 1 saturated carbocycles. The second-order valence-corrected chi connectivity index (χ2v) is 6.81. The van der Waals surface area contributed by atoms with Crippen molar-refractivity contribution in [2.24, 2.45) is 5.84 Å². The lowest BCUT2D eigenvalue weighted by atomic mass is 9.80. The molecule has 0 amide bonds. The fourth-order valence-corrected chi connectivity index (χ4v) is 4.56. The number of rotatable bonds is 4. The van der Waals surface area contributed by atoms with E-state index in [-0.39, 0.29) is 11.6 Å². The van der Waals surface area contributed by atoms with Gasteiger partial charge in [-0.1, -0.05) is 43.5 Å². The van der Waals surface area contributed by atoms with Gasteiger partial charge in [0.25, 0.3) is 0 Å². The highest BCUT2D eigenvalue weighted by molar-refractivity contribution is 5.32. The molecule has 1 unspecified atom stereocenters. The Bertz CT molecular complexity index is 459. The molecule has 2 fully saturated rings. The molecular formula is C18H29N3. The van der Waals surface area contributed by atoms with E-state index < -0.39 is 0 Å². The van der Waals surface area contributed by atoms with Crippen molar-refractivity contribution in [1.82, 2.24) is 10.3 Å². The van der Waals surface area contributed by atoms with E-state index in [9.17, 15) is 0 Å². The van der Waals surface area contributed by atoms with Crippen molar-refractivity contribution in [3.8, 4) is 0 Å². The van der Waals surface area contributed by atoms with E-state index in [1.807, 2.05) is 0 Å². The maximum absolute atomic E-state index is 6.07. The molecule has 1 atom stereocenters. The van der Waals surface area contributed by atoms with Crippen LogP contribution in [0.25, 0.3) is 0 Å². The number of aryl methyl sites for hydroxylation is 1. The van der Waals surface area contributed by atoms with Crippen molar-refractivity contribution >= 4 is 0 Å². The summed E-state index contributed by atoms with van der Waals surface area (Å²) in [6.07, 6.45) is 9.28. The second kappa shape index (κ2) is 6.47. The van der Waals surface area contributed by atoms with E-state index in [4.69, 9.17) is 5.84 Å². The Morgan fingerprint density at radius 1 is 1.05 bits per heavy atom. The minimum Gasteiger partial charge on any atom is -0.296 e. The van der Waals surface area contributed by atoms with Gasteiger partial charge in [0.2, 0.25) is 0 Å². The van der Waals surface area contributed by atoms with Gasteiger partial charge in [0.15, 0.2) is 0 Å². The van der Waals surface area contributed by atoms with Crippen LogP contribution in [0.5, 0.6) is 0 Å². The van der Waals surface area contributed by atoms with Crippen LogP contribution in [0.3, 0.4) is 0 Å². The van der Waals surface area contributed by atoms with E-state index in [2.05, 4.69) is 41.5 Å². The third-order valence-corrected chi connectivity index (χ3v) is 5.66. The summed E-state index contributed by atoms with van der Waals surface area (Å²) in [5.74, 6) is 6.07. The molecule has 1 aromatic carbocycles. The highest BCUT2D eigenvalue weighted by Gasteiger charge is 2.46. The number of nitrogens with one attached hydrogen (secondary N) is 1. The lowest BCUT2D eigenvalue weighted by Crippen LogP contribution is -2.57. The molecule has 0 aromatic heterocycles. The van der Waals surface area contributed by atoms with Crippen LogP contribution >= 0.6 is 0 Å². The molecule has 2 aliphatic rings. The lowest BCUT2D eigenvalue weighted by molar-refractivity contribution is 0.0358. The van der Waals surface area contributed by atoms with Crippen LogP contribution in [0.4, 0.5) is 0 Å². The van der Waals surface area contributed by atoms with E-state index >= 15 is 0 Å². The van der Waals surface area contributed by atoms with Gasteiger partial charge >= 0.3 is 0 Å². The second-order valence-electron chi connectivity index (χ2n) is 6.81. The third-order valence-electron chi connectivity index (χ3n) is 5.66. The molecule has 21 heavy (non-hydrogen) atoms. The largest absolute Gasteiger partial charge is 0.296 e. The zero-order valence-corrected chi connectivity index (χ0v) is 13.3. The Morgan fingerprint density at radius 2 is 1.71 bits per heavy atom. The number of hydrogen-bond donors (Lipinski definition) is 2. The molecule has 1 aliphatic carbocycles. The first-order valence-electron chi connectivity index (χ1n) is 8.55. The highest BCUT2D eigenvalue weighted by Crippen LogP contribution is 2.45. The topological polar surface area (TPSA) is 41.3 Å². The summed E-state index contributed by atoms with van der Waals surface area (Å²) in [4.78, 5) is 2.75. The van der Waals surface area contributed by atoms with Crippen LogP contribution in [-0.4, -0.2) is 23.5 Å².